The molecule has 1 saturated heterocycles. The molecular formula is C23H26FN5. The van der Waals surface area contributed by atoms with Crippen LogP contribution in [0.3, 0.4) is 0 Å². The van der Waals surface area contributed by atoms with Gasteiger partial charge in [-0.05, 0) is 73.9 Å². The van der Waals surface area contributed by atoms with Crippen LogP contribution in [0.1, 0.15) is 37.8 Å². The molecule has 5 rings (SSSR count). The largest absolute Gasteiger partial charge is 0.383 e. The average molecular weight is 391 g/mol. The fourth-order valence-electron chi connectivity index (χ4n) is 5.15. The molecule has 1 spiro atoms. The van der Waals surface area contributed by atoms with E-state index in [-0.39, 0.29) is 5.82 Å². The molecule has 2 aromatic heterocycles. The minimum Gasteiger partial charge on any atom is -0.383 e. The normalized spacial score (nSPS) is 18.9. The van der Waals surface area contributed by atoms with Gasteiger partial charge in [0.25, 0.3) is 0 Å². The highest BCUT2D eigenvalue weighted by Gasteiger charge is 2.35. The number of piperidine rings is 1. The Morgan fingerprint density at radius 3 is 2.72 bits per heavy atom. The molecule has 150 valence electrons. The molecule has 0 atom stereocenters. The van der Waals surface area contributed by atoms with Crippen LogP contribution >= 0.6 is 0 Å². The molecule has 0 bridgehead atoms. The first-order valence-electron chi connectivity index (χ1n) is 10.3. The smallest absolute Gasteiger partial charge is 0.146 e. The van der Waals surface area contributed by atoms with Gasteiger partial charge in [-0.3, -0.25) is 0 Å². The molecular weight excluding hydrogens is 365 g/mol. The van der Waals surface area contributed by atoms with E-state index in [1.807, 2.05) is 13.1 Å². The maximum Gasteiger partial charge on any atom is 0.146 e. The molecule has 1 aliphatic carbocycles. The van der Waals surface area contributed by atoms with Crippen LogP contribution in [0, 0.1) is 11.2 Å². The molecule has 5 nitrogen and oxygen atoms in total. The number of rotatable bonds is 2. The summed E-state index contributed by atoms with van der Waals surface area (Å²) in [6.45, 7) is 2.22. The van der Waals surface area contributed by atoms with Crippen molar-refractivity contribution in [3.8, 4) is 11.1 Å². The first-order valence-corrected chi connectivity index (χ1v) is 10.3. The van der Waals surface area contributed by atoms with Gasteiger partial charge in [-0.2, -0.15) is 0 Å². The molecule has 3 heterocycles. The fourth-order valence-corrected chi connectivity index (χ4v) is 5.15. The Morgan fingerprint density at radius 2 is 2.00 bits per heavy atom. The number of nitrogen functional groups attached to an aromatic ring is 1. The van der Waals surface area contributed by atoms with Crippen molar-refractivity contribution in [1.29, 1.82) is 0 Å². The maximum absolute atomic E-state index is 14.1. The molecule has 1 aliphatic heterocycles. The van der Waals surface area contributed by atoms with E-state index in [1.165, 1.54) is 37.2 Å². The minimum atomic E-state index is -0.257. The number of aromatic nitrogens is 3. The molecule has 3 N–H and O–H groups in total. The predicted molar refractivity (Wildman–Crippen MR) is 115 cm³/mol. The Balaban J connectivity index is 1.69. The lowest BCUT2D eigenvalue weighted by molar-refractivity contribution is 0.184. The Hall–Kier alpha value is -2.73. The summed E-state index contributed by atoms with van der Waals surface area (Å²) in [5.74, 6) is 0.175. The van der Waals surface area contributed by atoms with Gasteiger partial charge in [-0.1, -0.05) is 18.2 Å². The topological polar surface area (TPSA) is 68.8 Å². The van der Waals surface area contributed by atoms with E-state index in [0.717, 1.165) is 53.8 Å². The van der Waals surface area contributed by atoms with E-state index >= 15 is 0 Å². The summed E-state index contributed by atoms with van der Waals surface area (Å²) in [6.07, 6.45) is 9.66. The fraction of sp³-hybridized carbons (Fsp3) is 0.391. The van der Waals surface area contributed by atoms with Gasteiger partial charge in [-0.15, -0.1) is 0 Å². The van der Waals surface area contributed by atoms with Crippen molar-refractivity contribution in [1.82, 2.24) is 19.9 Å². The third-order valence-corrected chi connectivity index (χ3v) is 6.78. The quantitative estimate of drug-likeness (QED) is 0.684. The van der Waals surface area contributed by atoms with Crippen molar-refractivity contribution in [2.75, 3.05) is 18.8 Å². The number of anilines is 1. The second-order valence-electron chi connectivity index (χ2n) is 8.43. The second-order valence-corrected chi connectivity index (χ2v) is 8.43. The van der Waals surface area contributed by atoms with Crippen LogP contribution in [0.15, 0.2) is 36.7 Å². The van der Waals surface area contributed by atoms with E-state index in [2.05, 4.69) is 25.9 Å². The molecule has 0 amide bonds. The summed E-state index contributed by atoms with van der Waals surface area (Å²) in [5.41, 5.74) is 11.6. The van der Waals surface area contributed by atoms with Crippen molar-refractivity contribution in [2.45, 2.75) is 32.1 Å². The van der Waals surface area contributed by atoms with Crippen LogP contribution in [0.4, 0.5) is 10.2 Å². The highest BCUT2D eigenvalue weighted by atomic mass is 19.1. The first kappa shape index (κ1) is 18.3. The van der Waals surface area contributed by atoms with E-state index in [9.17, 15) is 4.39 Å². The predicted octanol–water partition coefficient (Wildman–Crippen LogP) is 4.29. The van der Waals surface area contributed by atoms with Crippen LogP contribution in [0.2, 0.25) is 0 Å². The van der Waals surface area contributed by atoms with Crippen molar-refractivity contribution in [2.24, 2.45) is 12.5 Å². The van der Waals surface area contributed by atoms with E-state index in [4.69, 9.17) is 5.73 Å². The Labute approximate surface area is 169 Å². The van der Waals surface area contributed by atoms with E-state index < -0.39 is 0 Å². The minimum absolute atomic E-state index is 0.257. The zero-order chi connectivity index (χ0) is 20.0. The zero-order valence-electron chi connectivity index (χ0n) is 16.7. The molecule has 1 aromatic carbocycles. The Morgan fingerprint density at radius 1 is 1.17 bits per heavy atom. The van der Waals surface area contributed by atoms with Gasteiger partial charge in [0.1, 0.15) is 23.6 Å². The van der Waals surface area contributed by atoms with Crippen molar-refractivity contribution in [3.63, 3.8) is 0 Å². The third kappa shape index (κ3) is 3.02. The molecule has 0 saturated carbocycles. The van der Waals surface area contributed by atoms with Gasteiger partial charge in [0, 0.05) is 12.6 Å². The highest BCUT2D eigenvalue weighted by molar-refractivity contribution is 6.05. The Kier molecular flexibility index (Phi) is 4.39. The first-order chi connectivity index (χ1) is 14.1. The van der Waals surface area contributed by atoms with Crippen LogP contribution in [-0.2, 0) is 7.05 Å². The maximum atomic E-state index is 14.1. The molecule has 2 aliphatic rings. The molecule has 1 fully saturated rings. The monoisotopic (exact) mass is 391 g/mol. The van der Waals surface area contributed by atoms with Gasteiger partial charge in [0.05, 0.1) is 11.1 Å². The highest BCUT2D eigenvalue weighted by Crippen LogP contribution is 2.47. The lowest BCUT2D eigenvalue weighted by Gasteiger charge is -2.40. The standard InChI is InChI=1S/C23H26FN5/c1-29-20(15-5-7-23(8-6-15)9-11-26-12-10-23)18(16-3-2-4-17(24)13-16)19-21(25)27-14-28-22(19)29/h2-5,13-14,26H,6-12H2,1H3,(H2,25,27,28). The zero-order valence-corrected chi connectivity index (χ0v) is 16.7. The van der Waals surface area contributed by atoms with E-state index in [0.29, 0.717) is 11.2 Å². The van der Waals surface area contributed by atoms with Crippen molar-refractivity contribution >= 4 is 22.4 Å². The summed E-state index contributed by atoms with van der Waals surface area (Å²) >= 11 is 0. The number of hydrogen-bond acceptors (Lipinski definition) is 4. The number of fused-ring (bicyclic) bond motifs is 1. The summed E-state index contributed by atoms with van der Waals surface area (Å²) < 4.78 is 16.2. The van der Waals surface area contributed by atoms with Gasteiger partial charge in [-0.25, -0.2) is 14.4 Å². The summed E-state index contributed by atoms with van der Waals surface area (Å²) in [6, 6.07) is 6.72. The second kappa shape index (κ2) is 6.95. The van der Waals surface area contributed by atoms with Crippen molar-refractivity contribution in [3.05, 3.63) is 48.2 Å². The summed E-state index contributed by atoms with van der Waals surface area (Å²) in [5, 5.41) is 4.28. The number of hydrogen-bond donors (Lipinski definition) is 2. The van der Waals surface area contributed by atoms with Crippen molar-refractivity contribution < 1.29 is 4.39 Å². The van der Waals surface area contributed by atoms with E-state index in [1.54, 1.807) is 12.1 Å². The van der Waals surface area contributed by atoms with Gasteiger partial charge in [0.2, 0.25) is 0 Å². The number of nitrogens with zero attached hydrogens (tertiary/aromatic N) is 3. The lowest BCUT2D eigenvalue weighted by atomic mass is 9.68. The van der Waals surface area contributed by atoms with Gasteiger partial charge < -0.3 is 15.6 Å². The molecule has 0 unspecified atom stereocenters. The van der Waals surface area contributed by atoms with Crippen LogP contribution < -0.4 is 11.1 Å². The number of halogens is 1. The molecule has 29 heavy (non-hydrogen) atoms. The number of nitrogens with one attached hydrogen (secondary N) is 1. The molecule has 0 radical (unpaired) electrons. The third-order valence-electron chi connectivity index (χ3n) is 6.78. The lowest BCUT2D eigenvalue weighted by Crippen LogP contribution is -2.37. The average Bonchev–Trinajstić information content (AvgIpc) is 3.03. The number of nitrogens with two attached hydrogens (primary N) is 1. The van der Waals surface area contributed by atoms with Gasteiger partial charge in [0.15, 0.2) is 0 Å². The number of benzene rings is 1. The van der Waals surface area contributed by atoms with Gasteiger partial charge >= 0.3 is 0 Å². The summed E-state index contributed by atoms with van der Waals surface area (Å²) in [7, 11) is 2.02. The van der Waals surface area contributed by atoms with Crippen LogP contribution in [0.5, 0.6) is 0 Å². The molecule has 6 heteroatoms. The molecule has 3 aromatic rings. The SMILES string of the molecule is Cn1c(C2=CCC3(CCNCC3)CC2)c(-c2cccc(F)c2)c2c(N)ncnc21. The Bertz CT molecular complexity index is 1110. The number of allylic oxidation sites excluding steroid dienone is 2. The summed E-state index contributed by atoms with van der Waals surface area (Å²) in [4.78, 5) is 8.71. The van der Waals surface area contributed by atoms with Crippen LogP contribution in [0.25, 0.3) is 27.7 Å². The van der Waals surface area contributed by atoms with Crippen LogP contribution in [-0.4, -0.2) is 27.6 Å². The number of aryl methyl sites for hydroxylation is 1.